The maximum Gasteiger partial charge on any atom is 0.305 e. The van der Waals surface area contributed by atoms with E-state index in [9.17, 15) is 24.2 Å². The van der Waals surface area contributed by atoms with Crippen molar-refractivity contribution in [2.75, 3.05) is 6.54 Å². The van der Waals surface area contributed by atoms with E-state index in [0.717, 1.165) is 5.56 Å². The Morgan fingerprint density at radius 2 is 1.75 bits per heavy atom. The molecule has 4 N–H and O–H groups in total. The van der Waals surface area contributed by atoms with Crippen LogP contribution in [-0.2, 0) is 24.2 Å². The number of nitrogens with zero attached hydrogens (tertiary/aromatic N) is 2. The highest BCUT2D eigenvalue weighted by molar-refractivity contribution is 5.94. The Morgan fingerprint density at radius 1 is 1.06 bits per heavy atom. The Labute approximate surface area is 209 Å². The fourth-order valence-corrected chi connectivity index (χ4v) is 4.13. The Kier molecular flexibility index (Phi) is 9.72. The van der Waals surface area contributed by atoms with Gasteiger partial charge in [-0.05, 0) is 55.5 Å². The first-order chi connectivity index (χ1) is 17.3. The third-order valence-corrected chi connectivity index (χ3v) is 5.91. The van der Waals surface area contributed by atoms with Gasteiger partial charge in [-0.3, -0.25) is 9.59 Å². The summed E-state index contributed by atoms with van der Waals surface area (Å²) in [6.07, 6.45) is -1.26. The van der Waals surface area contributed by atoms with Crippen molar-refractivity contribution < 1.29 is 29.3 Å². The summed E-state index contributed by atoms with van der Waals surface area (Å²) in [7, 11) is 0. The van der Waals surface area contributed by atoms with Gasteiger partial charge in [0.25, 0.3) is 5.91 Å². The normalized spacial score (nSPS) is 12.8. The van der Waals surface area contributed by atoms with Crippen molar-refractivity contribution in [3.63, 3.8) is 0 Å². The van der Waals surface area contributed by atoms with Crippen molar-refractivity contribution in [1.29, 1.82) is 0 Å². The summed E-state index contributed by atoms with van der Waals surface area (Å²) in [4.78, 5) is 28.5. The van der Waals surface area contributed by atoms with Crippen LogP contribution in [0.1, 0.15) is 47.9 Å². The molecule has 2 aromatic carbocycles. The number of amides is 1. The standard InChI is InChI=1S/C27H32FN3O5/c1-2-23-25(27(36)29-14-12-18-6-4-3-5-7-18)30-26(19-8-10-20(28)11-9-19)31(23)15-13-21(32)16-22(33)17-24(34)35/h3-11,21-22,32-33H,2,12-17H2,1H3,(H,29,36)(H,34,35)/t21-,22-/m1/s1. The number of aliphatic hydroxyl groups is 2. The minimum atomic E-state index is -1.16. The van der Waals surface area contributed by atoms with Gasteiger partial charge < -0.3 is 25.2 Å². The summed E-state index contributed by atoms with van der Waals surface area (Å²) in [5.74, 6) is -1.38. The third kappa shape index (κ3) is 7.47. The van der Waals surface area contributed by atoms with Crippen LogP contribution in [0.25, 0.3) is 11.4 Å². The van der Waals surface area contributed by atoms with Crippen LogP contribution in [0.5, 0.6) is 0 Å². The summed E-state index contributed by atoms with van der Waals surface area (Å²) >= 11 is 0. The van der Waals surface area contributed by atoms with Gasteiger partial charge in [-0.2, -0.15) is 0 Å². The molecule has 0 aliphatic carbocycles. The van der Waals surface area contributed by atoms with Gasteiger partial charge in [-0.1, -0.05) is 37.3 Å². The summed E-state index contributed by atoms with van der Waals surface area (Å²) in [6, 6.07) is 15.6. The smallest absolute Gasteiger partial charge is 0.305 e. The van der Waals surface area contributed by atoms with E-state index in [1.807, 2.05) is 41.8 Å². The molecule has 0 bridgehead atoms. The quantitative estimate of drug-likeness (QED) is 0.287. The number of aliphatic hydroxyl groups excluding tert-OH is 2. The molecule has 1 heterocycles. The van der Waals surface area contributed by atoms with Crippen LogP contribution < -0.4 is 5.32 Å². The minimum absolute atomic E-state index is 0.0822. The molecule has 36 heavy (non-hydrogen) atoms. The molecule has 0 aliphatic heterocycles. The van der Waals surface area contributed by atoms with Crippen molar-refractivity contribution >= 4 is 11.9 Å². The molecule has 0 unspecified atom stereocenters. The molecule has 0 saturated carbocycles. The minimum Gasteiger partial charge on any atom is -0.481 e. The van der Waals surface area contributed by atoms with Crippen molar-refractivity contribution in [2.24, 2.45) is 0 Å². The molecule has 1 amide bonds. The zero-order valence-corrected chi connectivity index (χ0v) is 20.2. The highest BCUT2D eigenvalue weighted by Gasteiger charge is 2.23. The first-order valence-electron chi connectivity index (χ1n) is 12.0. The van der Waals surface area contributed by atoms with Crippen LogP contribution in [0.2, 0.25) is 0 Å². The number of carbonyl (C=O) groups excluding carboxylic acids is 1. The number of carboxylic acid groups (broad SMARTS) is 1. The van der Waals surface area contributed by atoms with Gasteiger partial charge in [0.05, 0.1) is 24.3 Å². The summed E-state index contributed by atoms with van der Waals surface area (Å²) in [5.41, 5.74) is 2.66. The van der Waals surface area contributed by atoms with Crippen LogP contribution in [0.15, 0.2) is 54.6 Å². The van der Waals surface area contributed by atoms with Crippen LogP contribution in [0.3, 0.4) is 0 Å². The third-order valence-electron chi connectivity index (χ3n) is 5.91. The van der Waals surface area contributed by atoms with Crippen LogP contribution in [0, 0.1) is 5.82 Å². The van der Waals surface area contributed by atoms with E-state index < -0.39 is 30.4 Å². The molecule has 0 aliphatic rings. The molecular weight excluding hydrogens is 465 g/mol. The average Bonchev–Trinajstić information content (AvgIpc) is 3.22. The molecule has 0 radical (unpaired) electrons. The first kappa shape index (κ1) is 27.0. The Morgan fingerprint density at radius 3 is 2.39 bits per heavy atom. The monoisotopic (exact) mass is 497 g/mol. The van der Waals surface area contributed by atoms with Crippen molar-refractivity contribution in [3.8, 4) is 11.4 Å². The lowest BCUT2D eigenvalue weighted by Crippen LogP contribution is -2.27. The van der Waals surface area contributed by atoms with Gasteiger partial charge >= 0.3 is 5.97 Å². The molecule has 8 nitrogen and oxygen atoms in total. The number of aliphatic carboxylic acids is 1. The lowest BCUT2D eigenvalue weighted by molar-refractivity contribution is -0.139. The van der Waals surface area contributed by atoms with E-state index >= 15 is 0 Å². The molecule has 9 heteroatoms. The second-order valence-electron chi connectivity index (χ2n) is 8.66. The number of nitrogens with one attached hydrogen (secondary N) is 1. The number of carboxylic acids is 1. The van der Waals surface area contributed by atoms with Crippen molar-refractivity contribution in [2.45, 2.75) is 57.8 Å². The van der Waals surface area contributed by atoms with E-state index in [0.29, 0.717) is 36.5 Å². The summed E-state index contributed by atoms with van der Waals surface area (Å²) in [6.45, 7) is 2.61. The Hall–Kier alpha value is -3.56. The zero-order chi connectivity index (χ0) is 26.1. The van der Waals surface area contributed by atoms with Crippen molar-refractivity contribution in [3.05, 3.63) is 77.4 Å². The highest BCUT2D eigenvalue weighted by Crippen LogP contribution is 2.25. The Balaban J connectivity index is 1.80. The van der Waals surface area contributed by atoms with E-state index in [2.05, 4.69) is 10.3 Å². The second-order valence-corrected chi connectivity index (χ2v) is 8.66. The zero-order valence-electron chi connectivity index (χ0n) is 20.2. The molecule has 0 saturated heterocycles. The van der Waals surface area contributed by atoms with Gasteiger partial charge in [0.15, 0.2) is 0 Å². The number of hydrogen-bond acceptors (Lipinski definition) is 5. The largest absolute Gasteiger partial charge is 0.481 e. The van der Waals surface area contributed by atoms with Gasteiger partial charge in [0, 0.05) is 18.7 Å². The average molecular weight is 498 g/mol. The maximum atomic E-state index is 13.5. The topological polar surface area (TPSA) is 125 Å². The van der Waals surface area contributed by atoms with Crippen LogP contribution in [-0.4, -0.2) is 55.5 Å². The number of hydrogen-bond donors (Lipinski definition) is 4. The van der Waals surface area contributed by atoms with Gasteiger partial charge in [-0.25, -0.2) is 9.37 Å². The molecule has 3 rings (SSSR count). The predicted molar refractivity (Wildman–Crippen MR) is 133 cm³/mol. The lowest BCUT2D eigenvalue weighted by Gasteiger charge is -2.17. The van der Waals surface area contributed by atoms with E-state index in [1.165, 1.54) is 12.1 Å². The van der Waals surface area contributed by atoms with Gasteiger partial charge in [0.2, 0.25) is 0 Å². The number of halogens is 1. The SMILES string of the molecule is CCc1c(C(=O)NCCc2ccccc2)nc(-c2ccc(F)cc2)n1CC[C@@H](O)C[C@@H](O)CC(=O)O. The molecular formula is C27H32FN3O5. The van der Waals surface area contributed by atoms with Crippen molar-refractivity contribution in [1.82, 2.24) is 14.9 Å². The lowest BCUT2D eigenvalue weighted by atomic mass is 10.1. The number of benzene rings is 2. The molecule has 2 atom stereocenters. The second kappa shape index (κ2) is 12.9. The number of imidazole rings is 1. The summed E-state index contributed by atoms with van der Waals surface area (Å²) in [5, 5.41) is 32.0. The maximum absolute atomic E-state index is 13.5. The molecule has 0 spiro atoms. The number of rotatable bonds is 13. The summed E-state index contributed by atoms with van der Waals surface area (Å²) < 4.78 is 15.4. The number of carbonyl (C=O) groups is 2. The van der Waals surface area contributed by atoms with Crippen LogP contribution >= 0.6 is 0 Å². The predicted octanol–water partition coefficient (Wildman–Crippen LogP) is 3.20. The molecule has 1 aromatic heterocycles. The Bertz CT molecular complexity index is 1150. The molecule has 0 fully saturated rings. The van der Waals surface area contributed by atoms with Crippen LogP contribution in [0.4, 0.5) is 4.39 Å². The van der Waals surface area contributed by atoms with Gasteiger partial charge in [0.1, 0.15) is 17.3 Å². The molecule has 3 aromatic rings. The first-order valence-corrected chi connectivity index (χ1v) is 12.0. The van der Waals surface area contributed by atoms with E-state index in [1.54, 1.807) is 12.1 Å². The van der Waals surface area contributed by atoms with E-state index in [4.69, 9.17) is 5.11 Å². The van der Waals surface area contributed by atoms with Gasteiger partial charge in [-0.15, -0.1) is 0 Å². The molecule has 192 valence electrons. The fraction of sp³-hybridized carbons (Fsp3) is 0.370. The highest BCUT2D eigenvalue weighted by atomic mass is 19.1. The van der Waals surface area contributed by atoms with E-state index in [-0.39, 0.29) is 31.0 Å². The number of aromatic nitrogens is 2. The fourth-order valence-electron chi connectivity index (χ4n) is 4.13.